The molecule has 0 heterocycles. The molecule has 0 bridgehead atoms. The van der Waals surface area contributed by atoms with E-state index in [1.165, 1.54) is 14.0 Å². The molecular weight excluding hydrogens is 247 g/mol. The number of rotatable bonds is 4. The summed E-state index contributed by atoms with van der Waals surface area (Å²) in [6, 6.07) is 0. The number of esters is 1. The highest BCUT2D eigenvalue weighted by Crippen LogP contribution is 2.49. The molecule has 0 aromatic carbocycles. The molecule has 0 saturated heterocycles. The molecule has 1 aliphatic carbocycles. The maximum Gasteiger partial charge on any atom is 0.323 e. The number of carbonyl (C=O) groups is 2. The lowest BCUT2D eigenvalue weighted by Crippen LogP contribution is -2.33. The molecule has 0 aliphatic heterocycles. The fraction of sp³-hybridized carbons (Fsp3) is 0.600. The highest BCUT2D eigenvalue weighted by molar-refractivity contribution is 8.46. The minimum Gasteiger partial charge on any atom is -0.468 e. The van der Waals surface area contributed by atoms with Crippen LogP contribution in [0.3, 0.4) is 0 Å². The molecule has 0 radical (unpaired) electrons. The monoisotopic (exact) mass is 260 g/mol. The maximum atomic E-state index is 11.7. The molecule has 6 heteroatoms. The van der Waals surface area contributed by atoms with Gasteiger partial charge < -0.3 is 4.74 Å². The quantitative estimate of drug-likeness (QED) is 0.574. The molecule has 1 rings (SSSR count). The van der Waals surface area contributed by atoms with Crippen LogP contribution >= 0.6 is 19.0 Å². The Kier molecular flexibility index (Phi) is 4.28. The summed E-state index contributed by atoms with van der Waals surface area (Å²) in [5.74, 6) is -0.456. The van der Waals surface area contributed by atoms with E-state index in [-0.39, 0.29) is 13.4 Å². The van der Waals surface area contributed by atoms with Crippen molar-refractivity contribution in [1.29, 1.82) is 0 Å². The number of Topliss-reactive ketones (excluding diaryl/α,β-unsaturated/α-hetero) is 1. The van der Waals surface area contributed by atoms with Crippen LogP contribution in [0.15, 0.2) is 11.1 Å². The van der Waals surface area contributed by atoms with Crippen LogP contribution in [0, 0.1) is 0 Å². The number of carbonyl (C=O) groups excluding carboxylic acids is 2. The van der Waals surface area contributed by atoms with Crippen LogP contribution in [0.25, 0.3) is 0 Å². The molecule has 0 spiro atoms. The standard InChI is InChI=1S/C10H13O4PS/c1-6-4-10(16-15-13,9(12)14-3)5-8(6)7(2)11/h4-5H2,1-3H3. The van der Waals surface area contributed by atoms with E-state index in [1.807, 2.05) is 6.92 Å². The highest BCUT2D eigenvalue weighted by atomic mass is 32.7. The molecular formula is C10H13O4PS. The van der Waals surface area contributed by atoms with Crippen molar-refractivity contribution >= 4 is 30.8 Å². The van der Waals surface area contributed by atoms with Crippen molar-refractivity contribution in [2.75, 3.05) is 7.11 Å². The molecule has 1 atom stereocenters. The first-order valence-corrected chi connectivity index (χ1v) is 6.99. The van der Waals surface area contributed by atoms with Crippen LogP contribution in [0.4, 0.5) is 0 Å². The van der Waals surface area contributed by atoms with Crippen molar-refractivity contribution in [2.45, 2.75) is 31.4 Å². The largest absolute Gasteiger partial charge is 0.468 e. The average molecular weight is 260 g/mol. The van der Waals surface area contributed by atoms with Gasteiger partial charge in [0.1, 0.15) is 4.75 Å². The molecule has 0 N–H and O–H groups in total. The maximum absolute atomic E-state index is 11.7. The third-order valence-corrected chi connectivity index (χ3v) is 4.87. The van der Waals surface area contributed by atoms with Gasteiger partial charge >= 0.3 is 5.97 Å². The van der Waals surface area contributed by atoms with E-state index < -0.39 is 10.7 Å². The summed E-state index contributed by atoms with van der Waals surface area (Å²) < 4.78 is 14.6. The molecule has 0 aromatic rings. The van der Waals surface area contributed by atoms with E-state index in [0.29, 0.717) is 18.4 Å². The van der Waals surface area contributed by atoms with Crippen LogP contribution in [0.5, 0.6) is 0 Å². The van der Waals surface area contributed by atoms with Crippen LogP contribution in [0.1, 0.15) is 26.7 Å². The second-order valence-corrected chi connectivity index (χ2v) is 5.93. The average Bonchev–Trinajstić information content (AvgIpc) is 2.56. The predicted octanol–water partition coefficient (Wildman–Crippen LogP) is 2.54. The Hall–Kier alpha value is -0.670. The van der Waals surface area contributed by atoms with Crippen LogP contribution in [-0.4, -0.2) is 23.6 Å². The lowest BCUT2D eigenvalue weighted by atomic mass is 10.0. The van der Waals surface area contributed by atoms with Gasteiger partial charge in [0.25, 0.3) is 0 Å². The Balaban J connectivity index is 3.00. The van der Waals surface area contributed by atoms with E-state index in [4.69, 9.17) is 4.74 Å². The number of methoxy groups -OCH3 is 1. The van der Waals surface area contributed by atoms with Crippen LogP contribution in [-0.2, 0) is 18.9 Å². The summed E-state index contributed by atoms with van der Waals surface area (Å²) in [7, 11) is 1.12. The fourth-order valence-corrected chi connectivity index (χ4v) is 3.79. The zero-order valence-corrected chi connectivity index (χ0v) is 11.1. The van der Waals surface area contributed by atoms with E-state index in [2.05, 4.69) is 0 Å². The molecule has 0 aromatic heterocycles. The van der Waals surface area contributed by atoms with Gasteiger partial charge in [0.05, 0.1) is 7.11 Å². The molecule has 1 aliphatic rings. The summed E-state index contributed by atoms with van der Waals surface area (Å²) in [6.07, 6.45) is 0.731. The van der Waals surface area contributed by atoms with Gasteiger partial charge in [0.15, 0.2) is 5.78 Å². The fourth-order valence-electron chi connectivity index (χ4n) is 1.96. The molecule has 88 valence electrons. The number of ketones is 1. The molecule has 1 unspecified atom stereocenters. The Morgan fingerprint density at radius 2 is 2.06 bits per heavy atom. The van der Waals surface area contributed by atoms with Gasteiger partial charge in [-0.2, -0.15) is 0 Å². The van der Waals surface area contributed by atoms with Crippen molar-refractivity contribution in [3.63, 3.8) is 0 Å². The summed E-state index contributed by atoms with van der Waals surface area (Å²) in [5.41, 5.74) is 1.54. The summed E-state index contributed by atoms with van der Waals surface area (Å²) in [4.78, 5) is 23.1. The SMILES string of the molecule is COC(=O)C1(SP=O)CC(C)=C(C(C)=O)C1. The molecule has 0 amide bonds. The summed E-state index contributed by atoms with van der Waals surface area (Å²) in [5, 5.41) is 0. The smallest absolute Gasteiger partial charge is 0.323 e. The van der Waals surface area contributed by atoms with Gasteiger partial charge in [-0.05, 0) is 37.2 Å². The van der Waals surface area contributed by atoms with Gasteiger partial charge in [0.2, 0.25) is 7.66 Å². The Morgan fingerprint density at radius 3 is 2.44 bits per heavy atom. The van der Waals surface area contributed by atoms with Crippen molar-refractivity contribution in [3.8, 4) is 0 Å². The van der Waals surface area contributed by atoms with Gasteiger partial charge in [0, 0.05) is 6.42 Å². The van der Waals surface area contributed by atoms with Crippen molar-refractivity contribution < 1.29 is 18.9 Å². The van der Waals surface area contributed by atoms with E-state index in [0.717, 1.165) is 17.0 Å². The lowest BCUT2D eigenvalue weighted by Gasteiger charge is -2.22. The number of ether oxygens (including phenoxy) is 1. The zero-order chi connectivity index (χ0) is 12.3. The van der Waals surface area contributed by atoms with Gasteiger partial charge in [-0.15, -0.1) is 0 Å². The third-order valence-electron chi connectivity index (χ3n) is 2.72. The number of allylic oxidation sites excluding steroid dienone is 2. The second kappa shape index (κ2) is 5.11. The number of hydrogen-bond acceptors (Lipinski definition) is 5. The highest BCUT2D eigenvalue weighted by Gasteiger charge is 2.47. The van der Waals surface area contributed by atoms with Crippen molar-refractivity contribution in [3.05, 3.63) is 11.1 Å². The Morgan fingerprint density at radius 1 is 1.44 bits per heavy atom. The molecule has 0 saturated carbocycles. The first-order valence-electron chi connectivity index (χ1n) is 4.75. The lowest BCUT2D eigenvalue weighted by molar-refractivity contribution is -0.143. The van der Waals surface area contributed by atoms with Gasteiger partial charge in [-0.3, -0.25) is 14.2 Å². The second-order valence-electron chi connectivity index (χ2n) is 3.82. The third kappa shape index (κ3) is 2.36. The normalized spacial score (nSPS) is 24.9. The van der Waals surface area contributed by atoms with E-state index in [9.17, 15) is 14.2 Å². The van der Waals surface area contributed by atoms with Crippen molar-refractivity contribution in [1.82, 2.24) is 0 Å². The van der Waals surface area contributed by atoms with E-state index in [1.54, 1.807) is 0 Å². The molecule has 4 nitrogen and oxygen atoms in total. The molecule has 16 heavy (non-hydrogen) atoms. The van der Waals surface area contributed by atoms with Crippen LogP contribution in [0.2, 0.25) is 0 Å². The summed E-state index contributed by atoms with van der Waals surface area (Å²) >= 11 is 0.992. The van der Waals surface area contributed by atoms with E-state index >= 15 is 0 Å². The summed E-state index contributed by atoms with van der Waals surface area (Å²) in [6.45, 7) is 3.30. The predicted molar refractivity (Wildman–Crippen MR) is 62.6 cm³/mol. The minimum atomic E-state index is -0.886. The Bertz CT molecular complexity index is 377. The number of hydrogen-bond donors (Lipinski definition) is 0. The topological polar surface area (TPSA) is 60.4 Å². The minimum absolute atomic E-state index is 0.0357. The first kappa shape index (κ1) is 13.4. The van der Waals surface area contributed by atoms with Crippen LogP contribution < -0.4 is 0 Å². The molecule has 0 fully saturated rings. The zero-order valence-electron chi connectivity index (χ0n) is 9.40. The van der Waals surface area contributed by atoms with Gasteiger partial charge in [-0.1, -0.05) is 5.57 Å². The Labute approximate surface area is 99.8 Å². The van der Waals surface area contributed by atoms with Crippen molar-refractivity contribution in [2.24, 2.45) is 0 Å². The van der Waals surface area contributed by atoms with Gasteiger partial charge in [-0.25, -0.2) is 0 Å². The first-order chi connectivity index (χ1) is 7.46.